The quantitative estimate of drug-likeness (QED) is 0.181. The lowest BCUT2D eigenvalue weighted by molar-refractivity contribution is -0.136. The van der Waals surface area contributed by atoms with E-state index in [-0.39, 0.29) is 35.7 Å². The molecule has 0 radical (unpaired) electrons. The maximum atomic E-state index is 13.7. The molecule has 5 amide bonds. The fourth-order valence-electron chi connectivity index (χ4n) is 9.90. The first-order valence-electron chi connectivity index (χ1n) is 20.3. The van der Waals surface area contributed by atoms with E-state index in [0.717, 1.165) is 86.8 Å². The number of aromatic nitrogens is 3. The average molecular weight is 791 g/mol. The SMILES string of the molecule is COc1cc2nn(C3CCC(CN4CCC5(CC4)CC(Nc4cccc6c4C(=O)N(C4CCC(=O)NC4=O)C6=O)C5)CC3)cc2cc1NC(=O)c1ccc(F)c(C)n1. The van der Waals surface area contributed by atoms with Crippen LogP contribution in [0, 0.1) is 24.1 Å². The Hall–Kier alpha value is -5.70. The summed E-state index contributed by atoms with van der Waals surface area (Å²) >= 11 is 0. The molecular formula is C43H47FN8O6. The Morgan fingerprint density at radius 1 is 0.983 bits per heavy atom. The van der Waals surface area contributed by atoms with Gasteiger partial charge >= 0.3 is 0 Å². The molecule has 2 aliphatic carbocycles. The fraction of sp³-hybridized carbons (Fsp3) is 0.465. The van der Waals surface area contributed by atoms with E-state index in [4.69, 9.17) is 9.84 Å². The summed E-state index contributed by atoms with van der Waals surface area (Å²) in [5.74, 6) is -1.76. The molecule has 1 unspecified atom stereocenters. The van der Waals surface area contributed by atoms with Crippen LogP contribution >= 0.6 is 0 Å². The Bertz CT molecular complexity index is 2340. The number of anilines is 2. The first-order valence-corrected chi connectivity index (χ1v) is 20.3. The molecule has 2 aromatic carbocycles. The second-order valence-corrected chi connectivity index (χ2v) is 16.8. The van der Waals surface area contributed by atoms with E-state index in [1.165, 1.54) is 19.1 Å². The van der Waals surface area contributed by atoms with Gasteiger partial charge in [-0.3, -0.25) is 38.9 Å². The Balaban J connectivity index is 0.750. The number of amides is 5. The van der Waals surface area contributed by atoms with Gasteiger partial charge in [-0.25, -0.2) is 9.37 Å². The maximum Gasteiger partial charge on any atom is 0.274 e. The minimum atomic E-state index is -0.982. The number of methoxy groups -OCH3 is 1. The van der Waals surface area contributed by atoms with Crippen LogP contribution < -0.4 is 20.7 Å². The van der Waals surface area contributed by atoms with E-state index in [2.05, 4.69) is 30.5 Å². The molecule has 1 spiro atoms. The van der Waals surface area contributed by atoms with Gasteiger partial charge in [0.25, 0.3) is 17.7 Å². The molecule has 9 rings (SSSR count). The first kappa shape index (κ1) is 37.9. The van der Waals surface area contributed by atoms with Crippen LogP contribution in [0.5, 0.6) is 5.75 Å². The van der Waals surface area contributed by atoms with Crippen molar-refractivity contribution in [2.45, 2.75) is 89.3 Å². The zero-order chi connectivity index (χ0) is 40.3. The number of carbonyl (C=O) groups excluding carboxylic acids is 5. The van der Waals surface area contributed by atoms with Crippen molar-refractivity contribution in [2.24, 2.45) is 11.3 Å². The number of pyridine rings is 1. The molecule has 5 heterocycles. The lowest BCUT2D eigenvalue weighted by atomic mass is 9.60. The molecule has 3 N–H and O–H groups in total. The number of aryl methyl sites for hydroxylation is 1. The minimum Gasteiger partial charge on any atom is -0.494 e. The van der Waals surface area contributed by atoms with E-state index < -0.39 is 41.4 Å². The lowest BCUT2D eigenvalue weighted by Gasteiger charge is -2.53. The summed E-state index contributed by atoms with van der Waals surface area (Å²) in [6, 6.07) is 11.0. The van der Waals surface area contributed by atoms with Crippen LogP contribution in [-0.4, -0.2) is 92.9 Å². The zero-order valence-corrected chi connectivity index (χ0v) is 32.7. The number of piperidine rings is 2. The molecule has 2 saturated heterocycles. The van der Waals surface area contributed by atoms with Gasteiger partial charge in [0.2, 0.25) is 11.8 Å². The van der Waals surface area contributed by atoms with Crippen molar-refractivity contribution in [3.63, 3.8) is 0 Å². The van der Waals surface area contributed by atoms with Gasteiger partial charge in [-0.2, -0.15) is 5.10 Å². The highest BCUT2D eigenvalue weighted by molar-refractivity contribution is 6.25. The largest absolute Gasteiger partial charge is 0.494 e. The Morgan fingerprint density at radius 2 is 1.76 bits per heavy atom. The van der Waals surface area contributed by atoms with Crippen molar-refractivity contribution >= 4 is 51.8 Å². The number of ether oxygens (including phenoxy) is 1. The van der Waals surface area contributed by atoms with Crippen LogP contribution in [-0.2, 0) is 9.59 Å². The number of fused-ring (bicyclic) bond motifs is 2. The van der Waals surface area contributed by atoms with E-state index in [0.29, 0.717) is 40.2 Å². The van der Waals surface area contributed by atoms with Gasteiger partial charge < -0.3 is 20.3 Å². The Kier molecular flexibility index (Phi) is 9.73. The van der Waals surface area contributed by atoms with Crippen LogP contribution in [0.25, 0.3) is 10.9 Å². The summed E-state index contributed by atoms with van der Waals surface area (Å²) in [6.45, 7) is 4.77. The number of rotatable bonds is 9. The molecule has 14 nitrogen and oxygen atoms in total. The summed E-state index contributed by atoms with van der Waals surface area (Å²) in [5.41, 5.74) is 3.09. The number of halogens is 1. The smallest absolute Gasteiger partial charge is 0.274 e. The summed E-state index contributed by atoms with van der Waals surface area (Å²) in [7, 11) is 1.55. The molecule has 5 aliphatic rings. The van der Waals surface area contributed by atoms with Crippen LogP contribution in [0.4, 0.5) is 15.8 Å². The fourth-order valence-corrected chi connectivity index (χ4v) is 9.90. The maximum absolute atomic E-state index is 13.7. The van der Waals surface area contributed by atoms with Crippen LogP contribution in [0.2, 0.25) is 0 Å². The summed E-state index contributed by atoms with van der Waals surface area (Å²) in [5, 5.41) is 14.5. The van der Waals surface area contributed by atoms with Crippen LogP contribution in [0.15, 0.2) is 48.7 Å². The van der Waals surface area contributed by atoms with E-state index in [9.17, 15) is 28.4 Å². The molecule has 15 heteroatoms. The molecule has 58 heavy (non-hydrogen) atoms. The number of imide groups is 2. The second kappa shape index (κ2) is 14.9. The Morgan fingerprint density at radius 3 is 2.48 bits per heavy atom. The number of nitrogens with zero attached hydrogens (tertiary/aromatic N) is 5. The van der Waals surface area contributed by atoms with Gasteiger partial charge in [0, 0.05) is 42.3 Å². The third-order valence-electron chi connectivity index (χ3n) is 13.2. The third-order valence-corrected chi connectivity index (χ3v) is 13.2. The highest BCUT2D eigenvalue weighted by atomic mass is 19.1. The Labute approximate surface area is 334 Å². The molecule has 4 aromatic rings. The molecule has 302 valence electrons. The normalized spacial score (nSPS) is 23.5. The van der Waals surface area contributed by atoms with Gasteiger partial charge in [0.05, 0.1) is 41.2 Å². The molecule has 3 aliphatic heterocycles. The molecule has 2 aromatic heterocycles. The molecular weight excluding hydrogens is 744 g/mol. The van der Waals surface area contributed by atoms with Gasteiger partial charge in [0.15, 0.2) is 0 Å². The predicted octanol–water partition coefficient (Wildman–Crippen LogP) is 5.63. The zero-order valence-electron chi connectivity index (χ0n) is 32.7. The monoisotopic (exact) mass is 790 g/mol. The topological polar surface area (TPSA) is 168 Å². The molecule has 0 bridgehead atoms. The number of hydrogen-bond acceptors (Lipinski definition) is 10. The van der Waals surface area contributed by atoms with Crippen molar-refractivity contribution in [1.29, 1.82) is 0 Å². The van der Waals surface area contributed by atoms with Gasteiger partial charge in [-0.05, 0) is 119 Å². The standard InChI is InChI=1S/C43H47FN8O6/c1-24-30(44)10-11-32(45-24)39(54)47-34-18-26-23-51(49-33(26)19-36(34)58-2)28-8-6-25(7-9-28)22-50-16-14-43(15-17-50)20-27(21-43)46-31-5-3-4-29-38(31)42(57)52(41(29)56)35-12-13-37(53)48-40(35)55/h3-5,10-11,18-19,23,25,27-28,35,46H,6-9,12-17,20-22H2,1-2H3,(H,47,54)(H,48,53,55). The number of carbonyl (C=O) groups is 5. The van der Waals surface area contributed by atoms with Gasteiger partial charge in [-0.15, -0.1) is 0 Å². The minimum absolute atomic E-state index is 0.0893. The second-order valence-electron chi connectivity index (χ2n) is 16.8. The van der Waals surface area contributed by atoms with Crippen LogP contribution in [0.3, 0.4) is 0 Å². The van der Waals surface area contributed by atoms with Crippen molar-refractivity contribution in [1.82, 2.24) is 29.9 Å². The third kappa shape index (κ3) is 6.98. The van der Waals surface area contributed by atoms with Crippen molar-refractivity contribution < 1.29 is 33.1 Å². The summed E-state index contributed by atoms with van der Waals surface area (Å²) in [4.78, 5) is 71.7. The highest BCUT2D eigenvalue weighted by Crippen LogP contribution is 2.51. The van der Waals surface area contributed by atoms with Crippen molar-refractivity contribution in [3.8, 4) is 5.75 Å². The first-order chi connectivity index (χ1) is 28.0. The molecule has 4 fully saturated rings. The van der Waals surface area contributed by atoms with Gasteiger partial charge in [-0.1, -0.05) is 6.07 Å². The number of hydrogen-bond donors (Lipinski definition) is 3. The number of likely N-dealkylation sites (tertiary alicyclic amines) is 1. The van der Waals surface area contributed by atoms with E-state index in [1.54, 1.807) is 19.2 Å². The number of nitrogens with one attached hydrogen (secondary N) is 3. The van der Waals surface area contributed by atoms with E-state index in [1.807, 2.05) is 24.4 Å². The van der Waals surface area contributed by atoms with Crippen molar-refractivity contribution in [2.75, 3.05) is 37.4 Å². The highest BCUT2D eigenvalue weighted by Gasteiger charge is 2.48. The molecule has 2 saturated carbocycles. The summed E-state index contributed by atoms with van der Waals surface area (Å²) < 4.78 is 21.4. The number of benzene rings is 2. The van der Waals surface area contributed by atoms with Crippen molar-refractivity contribution in [3.05, 3.63) is 77.0 Å². The van der Waals surface area contributed by atoms with Crippen LogP contribution in [0.1, 0.15) is 107 Å². The summed E-state index contributed by atoms with van der Waals surface area (Å²) in [6.07, 6.45) is 10.9. The predicted molar refractivity (Wildman–Crippen MR) is 212 cm³/mol. The average Bonchev–Trinajstić information content (AvgIpc) is 3.73. The van der Waals surface area contributed by atoms with Gasteiger partial charge in [0.1, 0.15) is 23.3 Å². The molecule has 1 atom stereocenters. The van der Waals surface area contributed by atoms with E-state index >= 15 is 0 Å². The lowest BCUT2D eigenvalue weighted by Crippen LogP contribution is -2.54.